The van der Waals surface area contributed by atoms with Crippen molar-refractivity contribution in [3.63, 3.8) is 0 Å². The molecule has 0 saturated carbocycles. The Morgan fingerprint density at radius 1 is 1.38 bits per heavy atom. The van der Waals surface area contributed by atoms with Gasteiger partial charge in [-0.05, 0) is 23.8 Å². The van der Waals surface area contributed by atoms with Gasteiger partial charge in [-0.2, -0.15) is 0 Å². The van der Waals surface area contributed by atoms with Gasteiger partial charge in [-0.15, -0.1) is 10.2 Å². The number of carbonyl (C=O) groups excluding carboxylic acids is 1. The van der Waals surface area contributed by atoms with Gasteiger partial charge in [0.1, 0.15) is 5.82 Å². The summed E-state index contributed by atoms with van der Waals surface area (Å²) in [5.41, 5.74) is 1.18. The van der Waals surface area contributed by atoms with Crippen molar-refractivity contribution in [2.45, 2.75) is 19.5 Å². The molecule has 5 nitrogen and oxygen atoms in total. The highest BCUT2D eigenvalue weighted by atomic mass is 79.9. The number of amides is 1. The van der Waals surface area contributed by atoms with E-state index in [-0.39, 0.29) is 5.91 Å². The number of aromatic nitrogens is 3. The lowest BCUT2D eigenvalue weighted by atomic mass is 10.1. The first-order chi connectivity index (χ1) is 10.2. The summed E-state index contributed by atoms with van der Waals surface area (Å²) in [6, 6.07) is 8.17. The van der Waals surface area contributed by atoms with Crippen molar-refractivity contribution in [2.24, 2.45) is 0 Å². The Bertz CT molecular complexity index is 695. The van der Waals surface area contributed by atoms with Gasteiger partial charge in [0.2, 0.25) is 5.91 Å². The Morgan fingerprint density at radius 2 is 2.24 bits per heavy atom. The van der Waals surface area contributed by atoms with Gasteiger partial charge in [0.15, 0.2) is 5.82 Å². The zero-order valence-corrected chi connectivity index (χ0v) is 13.1. The molecule has 0 bridgehead atoms. The predicted molar refractivity (Wildman–Crippen MR) is 82.6 cm³/mol. The van der Waals surface area contributed by atoms with E-state index in [1.54, 1.807) is 4.90 Å². The van der Waals surface area contributed by atoms with Crippen LogP contribution in [0, 0.1) is 0 Å². The molecule has 108 valence electrons. The normalized spacial score (nSPS) is 13.9. The van der Waals surface area contributed by atoms with Gasteiger partial charge in [-0.1, -0.05) is 34.6 Å². The summed E-state index contributed by atoms with van der Waals surface area (Å²) in [5, 5.41) is 8.49. The molecular weight excluding hydrogens is 332 g/mol. The quantitative estimate of drug-likeness (QED) is 0.800. The number of benzene rings is 1. The van der Waals surface area contributed by atoms with E-state index in [4.69, 9.17) is 0 Å². The lowest BCUT2D eigenvalue weighted by Crippen LogP contribution is -2.37. The molecular formula is C15H15BrN4O. The number of nitrogens with zero attached hydrogens (tertiary/aromatic N) is 4. The first kappa shape index (κ1) is 14.0. The largest absolute Gasteiger partial charge is 0.330 e. The molecule has 0 N–H and O–H groups in total. The van der Waals surface area contributed by atoms with Gasteiger partial charge in [0.25, 0.3) is 0 Å². The molecule has 0 atom stereocenters. The van der Waals surface area contributed by atoms with Crippen molar-refractivity contribution in [1.82, 2.24) is 19.7 Å². The summed E-state index contributed by atoms with van der Waals surface area (Å²) in [7, 11) is 0. The van der Waals surface area contributed by atoms with E-state index in [2.05, 4.69) is 49.4 Å². The molecule has 21 heavy (non-hydrogen) atoms. The van der Waals surface area contributed by atoms with Gasteiger partial charge >= 0.3 is 0 Å². The van der Waals surface area contributed by atoms with E-state index in [9.17, 15) is 4.79 Å². The van der Waals surface area contributed by atoms with E-state index in [0.717, 1.165) is 29.1 Å². The fraction of sp³-hybridized carbons (Fsp3) is 0.267. The summed E-state index contributed by atoms with van der Waals surface area (Å²) < 4.78 is 3.16. The van der Waals surface area contributed by atoms with Gasteiger partial charge < -0.3 is 9.47 Å². The van der Waals surface area contributed by atoms with Crippen molar-refractivity contribution < 1.29 is 4.79 Å². The second kappa shape index (κ2) is 5.81. The number of fused-ring (bicyclic) bond motifs is 1. The highest BCUT2D eigenvalue weighted by molar-refractivity contribution is 9.10. The third-order valence-electron chi connectivity index (χ3n) is 3.57. The fourth-order valence-corrected chi connectivity index (χ4v) is 2.94. The zero-order chi connectivity index (χ0) is 14.8. The molecule has 6 heteroatoms. The first-order valence-corrected chi connectivity index (χ1v) is 7.53. The van der Waals surface area contributed by atoms with E-state index in [1.165, 1.54) is 11.6 Å². The lowest BCUT2D eigenvalue weighted by Gasteiger charge is -2.26. The standard InChI is InChI=1S/C15H15BrN4O/c1-2-15(21)19-6-7-20-13(17-18-14(20)10-19)9-11-4-3-5-12(16)8-11/h2-5,8H,1,6-7,9-10H2. The Balaban J connectivity index is 1.80. The summed E-state index contributed by atoms with van der Waals surface area (Å²) in [4.78, 5) is 13.4. The summed E-state index contributed by atoms with van der Waals surface area (Å²) in [6.07, 6.45) is 2.08. The lowest BCUT2D eigenvalue weighted by molar-refractivity contribution is -0.127. The topological polar surface area (TPSA) is 51.0 Å². The van der Waals surface area contributed by atoms with Crippen molar-refractivity contribution in [3.05, 3.63) is 58.6 Å². The van der Waals surface area contributed by atoms with Crippen LogP contribution in [0.2, 0.25) is 0 Å². The number of hydrogen-bond donors (Lipinski definition) is 0. The van der Waals surface area contributed by atoms with E-state index >= 15 is 0 Å². The Kier molecular flexibility index (Phi) is 3.88. The Hall–Kier alpha value is -1.95. The molecule has 1 amide bonds. The maximum atomic E-state index is 11.7. The third-order valence-corrected chi connectivity index (χ3v) is 4.06. The Labute approximate surface area is 131 Å². The van der Waals surface area contributed by atoms with Gasteiger partial charge in [-0.25, -0.2) is 0 Å². The van der Waals surface area contributed by atoms with Crippen molar-refractivity contribution in [3.8, 4) is 0 Å². The molecule has 0 radical (unpaired) electrons. The molecule has 1 aromatic carbocycles. The molecule has 3 rings (SSSR count). The number of carbonyl (C=O) groups is 1. The van der Waals surface area contributed by atoms with Gasteiger partial charge in [0, 0.05) is 24.0 Å². The molecule has 0 spiro atoms. The SMILES string of the molecule is C=CC(=O)N1CCn2c(Cc3cccc(Br)c3)nnc2C1. The minimum atomic E-state index is -0.0576. The highest BCUT2D eigenvalue weighted by Crippen LogP contribution is 2.17. The van der Waals surface area contributed by atoms with Crippen LogP contribution in [0.4, 0.5) is 0 Å². The average molecular weight is 347 g/mol. The summed E-state index contributed by atoms with van der Waals surface area (Å²) in [6.45, 7) is 5.41. The molecule has 0 fully saturated rings. The van der Waals surface area contributed by atoms with Crippen LogP contribution >= 0.6 is 15.9 Å². The zero-order valence-electron chi connectivity index (χ0n) is 11.5. The molecule has 0 saturated heterocycles. The van der Waals surface area contributed by atoms with Crippen LogP contribution in [0.25, 0.3) is 0 Å². The van der Waals surface area contributed by atoms with Crippen molar-refractivity contribution >= 4 is 21.8 Å². The van der Waals surface area contributed by atoms with Crippen LogP contribution in [0.5, 0.6) is 0 Å². The molecule has 1 aliphatic heterocycles. The van der Waals surface area contributed by atoms with Gasteiger partial charge in [0.05, 0.1) is 6.54 Å². The van der Waals surface area contributed by atoms with Crippen LogP contribution < -0.4 is 0 Å². The second-order valence-electron chi connectivity index (χ2n) is 4.95. The molecule has 0 unspecified atom stereocenters. The minimum Gasteiger partial charge on any atom is -0.330 e. The second-order valence-corrected chi connectivity index (χ2v) is 5.87. The smallest absolute Gasteiger partial charge is 0.246 e. The van der Waals surface area contributed by atoms with Crippen molar-refractivity contribution in [2.75, 3.05) is 6.54 Å². The fourth-order valence-electron chi connectivity index (χ4n) is 2.50. The first-order valence-electron chi connectivity index (χ1n) is 6.74. The predicted octanol–water partition coefficient (Wildman–Crippen LogP) is 2.16. The number of rotatable bonds is 3. The number of hydrogen-bond acceptors (Lipinski definition) is 3. The summed E-state index contributed by atoms with van der Waals surface area (Å²) >= 11 is 3.48. The molecule has 1 aromatic heterocycles. The molecule has 0 aliphatic carbocycles. The van der Waals surface area contributed by atoms with E-state index in [0.29, 0.717) is 13.1 Å². The molecule has 1 aliphatic rings. The third kappa shape index (κ3) is 2.90. The monoisotopic (exact) mass is 346 g/mol. The average Bonchev–Trinajstić information content (AvgIpc) is 2.89. The van der Waals surface area contributed by atoms with Crippen LogP contribution in [0.15, 0.2) is 41.4 Å². The Morgan fingerprint density at radius 3 is 3.00 bits per heavy atom. The minimum absolute atomic E-state index is 0.0576. The van der Waals surface area contributed by atoms with E-state index < -0.39 is 0 Å². The maximum absolute atomic E-state index is 11.7. The number of halogens is 1. The van der Waals surface area contributed by atoms with Crippen molar-refractivity contribution in [1.29, 1.82) is 0 Å². The van der Waals surface area contributed by atoms with Crippen LogP contribution in [0.3, 0.4) is 0 Å². The molecule has 2 aromatic rings. The van der Waals surface area contributed by atoms with Crippen LogP contribution in [-0.4, -0.2) is 32.1 Å². The maximum Gasteiger partial charge on any atom is 0.246 e. The van der Waals surface area contributed by atoms with Crippen LogP contribution in [-0.2, 0) is 24.3 Å². The van der Waals surface area contributed by atoms with Crippen LogP contribution in [0.1, 0.15) is 17.2 Å². The van der Waals surface area contributed by atoms with E-state index in [1.807, 2.05) is 12.1 Å². The summed E-state index contributed by atoms with van der Waals surface area (Å²) in [5.74, 6) is 1.72. The molecule has 2 heterocycles. The highest BCUT2D eigenvalue weighted by Gasteiger charge is 2.23. The van der Waals surface area contributed by atoms with Gasteiger partial charge in [-0.3, -0.25) is 4.79 Å².